The first kappa shape index (κ1) is 10.6. The minimum Gasteiger partial charge on any atom is -0.339 e. The number of carbonyl (C=O) groups excluding carboxylic acids is 1. The molecule has 0 atom stereocenters. The van der Waals surface area contributed by atoms with Crippen molar-refractivity contribution < 1.29 is 4.79 Å². The third kappa shape index (κ3) is 2.35. The summed E-state index contributed by atoms with van der Waals surface area (Å²) >= 11 is 1.54. The summed E-state index contributed by atoms with van der Waals surface area (Å²) in [6.07, 6.45) is 3.44. The van der Waals surface area contributed by atoms with E-state index in [2.05, 4.69) is 27.1 Å². The Balaban J connectivity index is 2.09. The van der Waals surface area contributed by atoms with E-state index in [1.54, 1.807) is 30.7 Å². The molecule has 2 rings (SSSR count). The summed E-state index contributed by atoms with van der Waals surface area (Å²) in [4.78, 5) is 19.4. The molecule has 5 heteroatoms. The zero-order valence-electron chi connectivity index (χ0n) is 8.65. The number of rotatable bonds is 2. The number of thiazole rings is 1. The van der Waals surface area contributed by atoms with Crippen molar-refractivity contribution in [2.24, 2.45) is 0 Å². The van der Waals surface area contributed by atoms with Crippen LogP contribution in [0.4, 0.5) is 0 Å². The third-order valence-electron chi connectivity index (χ3n) is 1.87. The summed E-state index contributed by atoms with van der Waals surface area (Å²) in [5, 5.41) is 3.53. The van der Waals surface area contributed by atoms with Crippen LogP contribution >= 0.6 is 11.3 Å². The van der Waals surface area contributed by atoms with Gasteiger partial charge < -0.3 is 5.32 Å². The van der Waals surface area contributed by atoms with Crippen LogP contribution in [-0.2, 0) is 11.3 Å². The monoisotopic (exact) mass is 231 g/mol. The average molecular weight is 231 g/mol. The second-order valence-electron chi connectivity index (χ2n) is 3.01. The highest BCUT2D eigenvalue weighted by Crippen LogP contribution is 2.20. The Bertz CT molecular complexity index is 546. The largest absolute Gasteiger partial charge is 0.339 e. The zero-order chi connectivity index (χ0) is 11.4. The smallest absolute Gasteiger partial charge is 0.296 e. The fraction of sp³-hybridized carbons (Fsp3) is 0.182. The second kappa shape index (κ2) is 4.73. The molecule has 1 amide bonds. The van der Waals surface area contributed by atoms with Crippen LogP contribution in [0.3, 0.4) is 0 Å². The molecule has 0 aromatic carbocycles. The zero-order valence-corrected chi connectivity index (χ0v) is 9.47. The van der Waals surface area contributed by atoms with Gasteiger partial charge in [-0.15, -0.1) is 11.3 Å². The highest BCUT2D eigenvalue weighted by atomic mass is 32.1. The normalized spacial score (nSPS) is 9.56. The lowest BCUT2D eigenvalue weighted by Gasteiger charge is -1.94. The van der Waals surface area contributed by atoms with Crippen molar-refractivity contribution in [2.45, 2.75) is 13.5 Å². The fourth-order valence-corrected chi connectivity index (χ4v) is 2.09. The van der Waals surface area contributed by atoms with Crippen molar-refractivity contribution >= 4 is 27.5 Å². The minimum absolute atomic E-state index is 0.278. The van der Waals surface area contributed by atoms with Crippen molar-refractivity contribution in [1.29, 1.82) is 0 Å². The van der Waals surface area contributed by atoms with Crippen LogP contribution in [0, 0.1) is 11.8 Å². The highest BCUT2D eigenvalue weighted by molar-refractivity contribution is 7.18. The Morgan fingerprint density at radius 3 is 3.25 bits per heavy atom. The number of carbonyl (C=O) groups is 1. The molecule has 2 aromatic heterocycles. The predicted molar refractivity (Wildman–Crippen MR) is 62.7 cm³/mol. The van der Waals surface area contributed by atoms with Gasteiger partial charge in [0, 0.05) is 6.20 Å². The van der Waals surface area contributed by atoms with E-state index < -0.39 is 0 Å². The minimum atomic E-state index is -0.278. The van der Waals surface area contributed by atoms with Crippen molar-refractivity contribution in [3.8, 4) is 11.8 Å². The van der Waals surface area contributed by atoms with E-state index >= 15 is 0 Å². The maximum Gasteiger partial charge on any atom is 0.296 e. The summed E-state index contributed by atoms with van der Waals surface area (Å²) in [5.41, 5.74) is 0.860. The SMILES string of the molecule is CC#CC(=O)NCc1nc2cnccc2s1. The fourth-order valence-electron chi connectivity index (χ4n) is 1.22. The number of hydrogen-bond acceptors (Lipinski definition) is 4. The number of nitrogens with zero attached hydrogens (tertiary/aromatic N) is 2. The Hall–Kier alpha value is -1.93. The van der Waals surface area contributed by atoms with Crippen LogP contribution in [0.5, 0.6) is 0 Å². The summed E-state index contributed by atoms with van der Waals surface area (Å²) < 4.78 is 1.07. The Morgan fingerprint density at radius 1 is 1.62 bits per heavy atom. The first-order valence-corrected chi connectivity index (χ1v) is 5.51. The van der Waals surface area contributed by atoms with Crippen LogP contribution in [0.1, 0.15) is 11.9 Å². The van der Waals surface area contributed by atoms with Gasteiger partial charge in [0.25, 0.3) is 5.91 Å². The summed E-state index contributed by atoms with van der Waals surface area (Å²) in [6, 6.07) is 1.91. The molecule has 4 nitrogen and oxygen atoms in total. The van der Waals surface area contributed by atoms with Gasteiger partial charge >= 0.3 is 0 Å². The molecule has 0 saturated heterocycles. The van der Waals surface area contributed by atoms with Crippen LogP contribution in [0.2, 0.25) is 0 Å². The van der Waals surface area contributed by atoms with Crippen LogP contribution < -0.4 is 5.32 Å². The molecule has 0 radical (unpaired) electrons. The van der Waals surface area contributed by atoms with Gasteiger partial charge in [-0.2, -0.15) is 0 Å². The van der Waals surface area contributed by atoms with Gasteiger partial charge in [-0.05, 0) is 18.9 Å². The molecular formula is C11H9N3OS. The van der Waals surface area contributed by atoms with Crippen LogP contribution in [0.25, 0.3) is 10.2 Å². The van der Waals surface area contributed by atoms with E-state index in [-0.39, 0.29) is 5.91 Å². The lowest BCUT2D eigenvalue weighted by atomic mass is 10.4. The molecule has 0 spiro atoms. The van der Waals surface area contributed by atoms with Gasteiger partial charge in [-0.3, -0.25) is 9.78 Å². The number of nitrogens with one attached hydrogen (secondary N) is 1. The van der Waals surface area contributed by atoms with Gasteiger partial charge in [0.05, 0.1) is 23.0 Å². The third-order valence-corrected chi connectivity index (χ3v) is 2.91. The summed E-state index contributed by atoms with van der Waals surface area (Å²) in [5.74, 6) is 4.68. The van der Waals surface area contributed by atoms with E-state index in [1.807, 2.05) is 6.07 Å². The topological polar surface area (TPSA) is 54.9 Å². The highest BCUT2D eigenvalue weighted by Gasteiger charge is 2.04. The molecule has 80 valence electrons. The maximum atomic E-state index is 11.1. The van der Waals surface area contributed by atoms with Crippen LogP contribution in [0.15, 0.2) is 18.5 Å². The molecule has 2 heterocycles. The van der Waals surface area contributed by atoms with Gasteiger partial charge in [-0.1, -0.05) is 5.92 Å². The van der Waals surface area contributed by atoms with Gasteiger partial charge in [0.2, 0.25) is 0 Å². The average Bonchev–Trinajstić information content (AvgIpc) is 2.69. The molecule has 1 N–H and O–H groups in total. The van der Waals surface area contributed by atoms with E-state index in [0.29, 0.717) is 6.54 Å². The van der Waals surface area contributed by atoms with E-state index in [4.69, 9.17) is 0 Å². The standard InChI is InChI=1S/C11H9N3OS/c1-2-3-10(15)13-7-11-14-8-6-12-5-4-9(8)16-11/h4-6H,7H2,1H3,(H,13,15). The van der Waals surface area contributed by atoms with E-state index in [9.17, 15) is 4.79 Å². The number of fused-ring (bicyclic) bond motifs is 1. The molecule has 0 saturated carbocycles. The van der Waals surface area contributed by atoms with E-state index in [0.717, 1.165) is 15.2 Å². The van der Waals surface area contributed by atoms with Crippen molar-refractivity contribution in [3.63, 3.8) is 0 Å². The second-order valence-corrected chi connectivity index (χ2v) is 4.12. The van der Waals surface area contributed by atoms with E-state index in [1.165, 1.54) is 0 Å². The molecule has 0 aliphatic rings. The van der Waals surface area contributed by atoms with Crippen molar-refractivity contribution in [2.75, 3.05) is 0 Å². The Kier molecular flexibility index (Phi) is 3.13. The number of amides is 1. The number of pyridine rings is 1. The number of hydrogen-bond donors (Lipinski definition) is 1. The molecule has 0 aliphatic heterocycles. The quantitative estimate of drug-likeness (QED) is 0.793. The molecule has 0 fully saturated rings. The molecule has 0 aliphatic carbocycles. The van der Waals surface area contributed by atoms with Crippen LogP contribution in [-0.4, -0.2) is 15.9 Å². The van der Waals surface area contributed by atoms with Gasteiger partial charge in [-0.25, -0.2) is 4.98 Å². The molecule has 0 unspecified atom stereocenters. The lowest BCUT2D eigenvalue weighted by molar-refractivity contribution is -0.115. The van der Waals surface area contributed by atoms with Crippen molar-refractivity contribution in [1.82, 2.24) is 15.3 Å². The molecule has 2 aromatic rings. The predicted octanol–water partition coefficient (Wildman–Crippen LogP) is 1.33. The molecular weight excluding hydrogens is 222 g/mol. The molecule has 16 heavy (non-hydrogen) atoms. The maximum absolute atomic E-state index is 11.1. The molecule has 0 bridgehead atoms. The summed E-state index contributed by atoms with van der Waals surface area (Å²) in [7, 11) is 0. The summed E-state index contributed by atoms with van der Waals surface area (Å²) in [6.45, 7) is 2.04. The van der Waals surface area contributed by atoms with Crippen molar-refractivity contribution in [3.05, 3.63) is 23.5 Å². The van der Waals surface area contributed by atoms with Gasteiger partial charge in [0.1, 0.15) is 5.01 Å². The van der Waals surface area contributed by atoms with Gasteiger partial charge in [0.15, 0.2) is 0 Å². The Morgan fingerprint density at radius 2 is 2.50 bits per heavy atom. The lowest BCUT2D eigenvalue weighted by Crippen LogP contribution is -2.20. The first-order valence-electron chi connectivity index (χ1n) is 4.69. The Labute approximate surface area is 96.7 Å². The number of aromatic nitrogens is 2. The first-order chi connectivity index (χ1) is 7.79.